The molecule has 1 rings (SSSR count). The zero-order valence-electron chi connectivity index (χ0n) is 7.10. The maximum absolute atomic E-state index is 10.7. The van der Waals surface area contributed by atoms with Gasteiger partial charge in [-0.25, -0.2) is 4.79 Å². The summed E-state index contributed by atoms with van der Waals surface area (Å²) in [6, 6.07) is 6.61. The van der Waals surface area contributed by atoms with Gasteiger partial charge in [0.2, 0.25) is 0 Å². The Kier molecular flexibility index (Phi) is 3.33. The van der Waals surface area contributed by atoms with E-state index in [4.69, 9.17) is 10.2 Å². The highest BCUT2D eigenvalue weighted by Gasteiger charge is 2.10. The van der Waals surface area contributed by atoms with Crippen LogP contribution in [-0.4, -0.2) is 21.6 Å². The molecule has 1 aromatic carbocycles. The van der Waals surface area contributed by atoms with E-state index in [9.17, 15) is 4.79 Å². The highest BCUT2D eigenvalue weighted by atomic mass is 32.2. The van der Waals surface area contributed by atoms with Gasteiger partial charge in [0.25, 0.3) is 0 Å². The van der Waals surface area contributed by atoms with Crippen LogP contribution in [0.25, 0.3) is 0 Å². The number of carbonyl (C=O) groups is 1. The number of hydrogen-bond donors (Lipinski definition) is 2. The number of aliphatic hydroxyl groups excluding tert-OH is 1. The Morgan fingerprint density at radius 1 is 1.46 bits per heavy atom. The van der Waals surface area contributed by atoms with Crippen molar-refractivity contribution >= 4 is 17.7 Å². The average molecular weight is 198 g/mol. The molecule has 0 heterocycles. The number of carboxylic acids is 1. The standard InChI is InChI=1S/C9H10O3S/c1-6(10)13-8-5-3-2-4-7(8)9(11)12/h2-6,10H,1H3,(H,11,12). The highest BCUT2D eigenvalue weighted by molar-refractivity contribution is 7.99. The summed E-state index contributed by atoms with van der Waals surface area (Å²) in [5.41, 5.74) is -0.367. The van der Waals surface area contributed by atoms with Crippen LogP contribution in [0, 0.1) is 0 Å². The van der Waals surface area contributed by atoms with E-state index < -0.39 is 11.4 Å². The first-order chi connectivity index (χ1) is 6.11. The van der Waals surface area contributed by atoms with Crippen molar-refractivity contribution in [2.75, 3.05) is 0 Å². The Morgan fingerprint density at radius 3 is 2.62 bits per heavy atom. The fourth-order valence-corrected chi connectivity index (χ4v) is 1.74. The zero-order valence-corrected chi connectivity index (χ0v) is 7.91. The molecule has 0 bridgehead atoms. The normalized spacial score (nSPS) is 12.5. The minimum Gasteiger partial charge on any atom is -0.478 e. The van der Waals surface area contributed by atoms with E-state index in [1.54, 1.807) is 25.1 Å². The van der Waals surface area contributed by atoms with Crippen molar-refractivity contribution in [3.63, 3.8) is 0 Å². The number of thioether (sulfide) groups is 1. The van der Waals surface area contributed by atoms with Crippen LogP contribution in [0.3, 0.4) is 0 Å². The fraction of sp³-hybridized carbons (Fsp3) is 0.222. The summed E-state index contributed by atoms with van der Waals surface area (Å²) in [5.74, 6) is -0.969. The second kappa shape index (κ2) is 4.30. The molecular weight excluding hydrogens is 188 g/mol. The Hall–Kier alpha value is -1.00. The molecule has 0 aliphatic heterocycles. The molecule has 13 heavy (non-hydrogen) atoms. The molecule has 1 unspecified atom stereocenters. The predicted octanol–water partition coefficient (Wildman–Crippen LogP) is 1.82. The van der Waals surface area contributed by atoms with Crippen molar-refractivity contribution in [3.05, 3.63) is 29.8 Å². The Labute approximate surface area is 80.4 Å². The minimum absolute atomic E-state index is 0.230. The molecule has 4 heteroatoms. The molecule has 0 aliphatic rings. The predicted molar refractivity (Wildman–Crippen MR) is 50.9 cm³/mol. The smallest absolute Gasteiger partial charge is 0.336 e. The fourth-order valence-electron chi connectivity index (χ4n) is 0.930. The average Bonchev–Trinajstić information content (AvgIpc) is 2.03. The van der Waals surface area contributed by atoms with Gasteiger partial charge in [-0.2, -0.15) is 0 Å². The topological polar surface area (TPSA) is 57.5 Å². The quantitative estimate of drug-likeness (QED) is 0.574. The molecule has 0 radical (unpaired) electrons. The number of aliphatic hydroxyl groups is 1. The molecule has 0 fully saturated rings. The van der Waals surface area contributed by atoms with Crippen LogP contribution >= 0.6 is 11.8 Å². The minimum atomic E-state index is -0.969. The third-order valence-electron chi connectivity index (χ3n) is 1.41. The molecule has 2 N–H and O–H groups in total. The lowest BCUT2D eigenvalue weighted by Crippen LogP contribution is -2.00. The van der Waals surface area contributed by atoms with E-state index in [-0.39, 0.29) is 5.56 Å². The van der Waals surface area contributed by atoms with Gasteiger partial charge in [0, 0.05) is 4.90 Å². The van der Waals surface area contributed by atoms with Crippen LogP contribution < -0.4 is 0 Å². The molecule has 0 spiro atoms. The summed E-state index contributed by atoms with van der Waals surface area (Å²) >= 11 is 1.13. The lowest BCUT2D eigenvalue weighted by Gasteiger charge is -2.06. The van der Waals surface area contributed by atoms with E-state index in [2.05, 4.69) is 0 Å². The van der Waals surface area contributed by atoms with Crippen molar-refractivity contribution in [1.29, 1.82) is 0 Å². The van der Waals surface area contributed by atoms with Crippen molar-refractivity contribution in [1.82, 2.24) is 0 Å². The summed E-state index contributed by atoms with van der Waals surface area (Å²) in [6.45, 7) is 1.60. The van der Waals surface area contributed by atoms with E-state index in [1.165, 1.54) is 6.07 Å². The van der Waals surface area contributed by atoms with Gasteiger partial charge in [-0.1, -0.05) is 23.9 Å². The summed E-state index contributed by atoms with van der Waals surface area (Å²) in [4.78, 5) is 11.3. The molecule has 0 aliphatic carbocycles. The van der Waals surface area contributed by atoms with Crippen LogP contribution in [0.15, 0.2) is 29.2 Å². The van der Waals surface area contributed by atoms with Gasteiger partial charge in [-0.05, 0) is 19.1 Å². The molecule has 0 aromatic heterocycles. The first-order valence-corrected chi connectivity index (χ1v) is 4.66. The summed E-state index contributed by atoms with van der Waals surface area (Å²) < 4.78 is 0. The van der Waals surface area contributed by atoms with E-state index in [1.807, 2.05) is 0 Å². The van der Waals surface area contributed by atoms with Crippen LogP contribution in [-0.2, 0) is 0 Å². The Bertz CT molecular complexity index is 309. The van der Waals surface area contributed by atoms with Gasteiger partial charge in [-0.15, -0.1) is 0 Å². The third-order valence-corrected chi connectivity index (χ3v) is 2.37. The van der Waals surface area contributed by atoms with Crippen molar-refractivity contribution in [2.24, 2.45) is 0 Å². The summed E-state index contributed by atoms with van der Waals surface area (Å²) in [5, 5.41) is 17.9. The van der Waals surface area contributed by atoms with Gasteiger partial charge in [0.1, 0.15) is 5.44 Å². The van der Waals surface area contributed by atoms with Gasteiger partial charge in [0.05, 0.1) is 5.56 Å². The largest absolute Gasteiger partial charge is 0.478 e. The molecule has 1 aromatic rings. The Balaban J connectivity index is 2.98. The third kappa shape index (κ3) is 2.75. The van der Waals surface area contributed by atoms with Gasteiger partial charge in [0.15, 0.2) is 0 Å². The van der Waals surface area contributed by atoms with Crippen LogP contribution in [0.4, 0.5) is 0 Å². The summed E-state index contributed by atoms with van der Waals surface area (Å²) in [6.07, 6.45) is 0. The van der Waals surface area contributed by atoms with Crippen molar-refractivity contribution in [2.45, 2.75) is 17.3 Å². The van der Waals surface area contributed by atoms with Crippen molar-refractivity contribution < 1.29 is 15.0 Å². The number of carboxylic acid groups (broad SMARTS) is 1. The number of benzene rings is 1. The first-order valence-electron chi connectivity index (χ1n) is 3.78. The zero-order chi connectivity index (χ0) is 9.84. The maximum Gasteiger partial charge on any atom is 0.336 e. The molecule has 0 amide bonds. The second-order valence-electron chi connectivity index (χ2n) is 2.52. The van der Waals surface area contributed by atoms with Crippen molar-refractivity contribution in [3.8, 4) is 0 Å². The van der Waals surface area contributed by atoms with Crippen LogP contribution in [0.2, 0.25) is 0 Å². The maximum atomic E-state index is 10.7. The summed E-state index contributed by atoms with van der Waals surface area (Å²) in [7, 11) is 0. The molecule has 3 nitrogen and oxygen atoms in total. The highest BCUT2D eigenvalue weighted by Crippen LogP contribution is 2.25. The number of hydrogen-bond acceptors (Lipinski definition) is 3. The van der Waals surface area contributed by atoms with Crippen LogP contribution in [0.5, 0.6) is 0 Å². The van der Waals surface area contributed by atoms with Crippen LogP contribution in [0.1, 0.15) is 17.3 Å². The molecule has 70 valence electrons. The lowest BCUT2D eigenvalue weighted by molar-refractivity contribution is 0.0693. The SMILES string of the molecule is CC(O)Sc1ccccc1C(=O)O. The molecule has 1 atom stereocenters. The monoisotopic (exact) mass is 198 g/mol. The van der Waals surface area contributed by atoms with E-state index in [0.29, 0.717) is 4.90 Å². The van der Waals surface area contributed by atoms with E-state index in [0.717, 1.165) is 11.8 Å². The Morgan fingerprint density at radius 2 is 2.08 bits per heavy atom. The molecule has 0 saturated carbocycles. The first kappa shape index (κ1) is 10.1. The second-order valence-corrected chi connectivity index (χ2v) is 3.88. The van der Waals surface area contributed by atoms with Gasteiger partial charge in [-0.3, -0.25) is 0 Å². The molecular formula is C9H10O3S. The van der Waals surface area contributed by atoms with Gasteiger partial charge >= 0.3 is 5.97 Å². The molecule has 0 saturated heterocycles. The van der Waals surface area contributed by atoms with E-state index >= 15 is 0 Å². The number of aromatic carboxylic acids is 1. The number of rotatable bonds is 3. The lowest BCUT2D eigenvalue weighted by atomic mass is 10.2. The van der Waals surface area contributed by atoms with Gasteiger partial charge < -0.3 is 10.2 Å².